The highest BCUT2D eigenvalue weighted by Crippen LogP contribution is 2.00. The number of unbranched alkanes of at least 4 members (excludes halogenated alkanes) is 1. The lowest BCUT2D eigenvalue weighted by Gasteiger charge is -2.10. The zero-order chi connectivity index (χ0) is 11.7. The Labute approximate surface area is 93.9 Å². The summed E-state index contributed by atoms with van der Waals surface area (Å²) < 4.78 is 25.6. The summed E-state index contributed by atoms with van der Waals surface area (Å²) in [5.74, 6) is 0.655. The minimum Gasteiger partial charge on any atom is -0.320 e. The summed E-state index contributed by atoms with van der Waals surface area (Å²) in [7, 11) is -1.17. The normalized spacial score (nSPS) is 14.1. The van der Waals surface area contributed by atoms with Crippen LogP contribution in [0.4, 0.5) is 0 Å². The minimum absolute atomic E-state index is 0.241. The molecule has 15 heavy (non-hydrogen) atoms. The summed E-state index contributed by atoms with van der Waals surface area (Å²) in [4.78, 5) is 0. The molecule has 2 N–H and O–H groups in total. The molecule has 0 bridgehead atoms. The quantitative estimate of drug-likeness (QED) is 0.586. The third-order valence-corrected chi connectivity index (χ3v) is 3.87. The molecule has 0 saturated heterocycles. The van der Waals surface area contributed by atoms with Gasteiger partial charge in [0.25, 0.3) is 0 Å². The number of nitrogens with one attached hydrogen (secondary N) is 2. The van der Waals surface area contributed by atoms with Crippen molar-refractivity contribution in [3.05, 3.63) is 0 Å². The molecule has 4 nitrogen and oxygen atoms in total. The molecule has 1 unspecified atom stereocenters. The van der Waals surface area contributed by atoms with Crippen LogP contribution in [0, 0.1) is 5.92 Å². The molecule has 5 heteroatoms. The van der Waals surface area contributed by atoms with Gasteiger partial charge in [0.2, 0.25) is 10.0 Å². The Morgan fingerprint density at radius 3 is 2.47 bits per heavy atom. The van der Waals surface area contributed by atoms with Crippen LogP contribution < -0.4 is 10.0 Å². The largest absolute Gasteiger partial charge is 0.320 e. The van der Waals surface area contributed by atoms with Crippen LogP contribution in [-0.2, 0) is 10.0 Å². The van der Waals surface area contributed by atoms with E-state index in [2.05, 4.69) is 17.0 Å². The first-order valence-corrected chi connectivity index (χ1v) is 7.29. The molecule has 0 saturated carbocycles. The Kier molecular flexibility index (Phi) is 8.00. The third-order valence-electron chi connectivity index (χ3n) is 2.44. The predicted molar refractivity (Wildman–Crippen MR) is 64.4 cm³/mol. The van der Waals surface area contributed by atoms with Crippen LogP contribution in [-0.4, -0.2) is 34.3 Å². The molecule has 0 spiro atoms. The average molecular weight is 236 g/mol. The van der Waals surface area contributed by atoms with Crippen molar-refractivity contribution in [2.24, 2.45) is 5.92 Å². The van der Waals surface area contributed by atoms with Crippen molar-refractivity contribution in [3.63, 3.8) is 0 Å². The van der Waals surface area contributed by atoms with E-state index in [4.69, 9.17) is 0 Å². The van der Waals surface area contributed by atoms with Gasteiger partial charge in [-0.15, -0.1) is 0 Å². The fourth-order valence-corrected chi connectivity index (χ4v) is 2.35. The molecule has 1 atom stereocenters. The molecule has 0 heterocycles. The van der Waals surface area contributed by atoms with Gasteiger partial charge in [-0.3, -0.25) is 0 Å². The lowest BCUT2D eigenvalue weighted by atomic mass is 10.1. The molecule has 0 aromatic carbocycles. The lowest BCUT2D eigenvalue weighted by Crippen LogP contribution is -2.30. The maximum absolute atomic E-state index is 11.5. The second kappa shape index (κ2) is 8.07. The van der Waals surface area contributed by atoms with E-state index >= 15 is 0 Å². The topological polar surface area (TPSA) is 58.2 Å². The fourth-order valence-electron chi connectivity index (χ4n) is 1.08. The standard InChI is InChI=1S/C10H24N2O2S/c1-4-10(2)9-12-15(13,14)8-6-5-7-11-3/h10-12H,4-9H2,1-3H3. The summed E-state index contributed by atoms with van der Waals surface area (Å²) >= 11 is 0. The zero-order valence-electron chi connectivity index (χ0n) is 10.0. The van der Waals surface area contributed by atoms with Crippen LogP contribution in [0.5, 0.6) is 0 Å². The molecular formula is C10H24N2O2S. The van der Waals surface area contributed by atoms with E-state index in [1.165, 1.54) is 0 Å². The van der Waals surface area contributed by atoms with Crippen molar-refractivity contribution in [2.75, 3.05) is 25.9 Å². The maximum Gasteiger partial charge on any atom is 0.211 e. The van der Waals surface area contributed by atoms with E-state index in [0.717, 1.165) is 25.8 Å². The highest BCUT2D eigenvalue weighted by atomic mass is 32.2. The molecule has 0 aliphatic carbocycles. The van der Waals surface area contributed by atoms with Crippen LogP contribution in [0.2, 0.25) is 0 Å². The van der Waals surface area contributed by atoms with Crippen LogP contribution in [0.15, 0.2) is 0 Å². The fraction of sp³-hybridized carbons (Fsp3) is 1.00. The Morgan fingerprint density at radius 1 is 1.27 bits per heavy atom. The van der Waals surface area contributed by atoms with E-state index in [-0.39, 0.29) is 5.75 Å². The molecule has 0 rings (SSSR count). The number of hydrogen-bond donors (Lipinski definition) is 2. The van der Waals surface area contributed by atoms with Crippen molar-refractivity contribution in [3.8, 4) is 0 Å². The van der Waals surface area contributed by atoms with Gasteiger partial charge in [0, 0.05) is 6.54 Å². The van der Waals surface area contributed by atoms with E-state index < -0.39 is 10.0 Å². The SMILES string of the molecule is CCC(C)CNS(=O)(=O)CCCCNC. The molecule has 0 aliphatic heterocycles. The second-order valence-corrected chi connectivity index (χ2v) is 5.92. The molecular weight excluding hydrogens is 212 g/mol. The van der Waals surface area contributed by atoms with Crippen molar-refractivity contribution >= 4 is 10.0 Å². The van der Waals surface area contributed by atoms with Crippen molar-refractivity contribution in [1.82, 2.24) is 10.0 Å². The lowest BCUT2D eigenvalue weighted by molar-refractivity contribution is 0.526. The molecule has 0 fully saturated rings. The average Bonchev–Trinajstić information content (AvgIpc) is 2.21. The van der Waals surface area contributed by atoms with E-state index in [1.807, 2.05) is 14.0 Å². The predicted octanol–water partition coefficient (Wildman–Crippen LogP) is 0.952. The Bertz CT molecular complexity index is 240. The second-order valence-electron chi connectivity index (χ2n) is 3.99. The first kappa shape index (κ1) is 14.9. The van der Waals surface area contributed by atoms with E-state index in [9.17, 15) is 8.42 Å². The number of rotatable bonds is 9. The van der Waals surface area contributed by atoms with Gasteiger partial charge in [-0.2, -0.15) is 0 Å². The van der Waals surface area contributed by atoms with Crippen molar-refractivity contribution in [1.29, 1.82) is 0 Å². The van der Waals surface area contributed by atoms with Gasteiger partial charge >= 0.3 is 0 Å². The third kappa shape index (κ3) is 8.84. The van der Waals surface area contributed by atoms with Crippen molar-refractivity contribution in [2.45, 2.75) is 33.1 Å². The van der Waals surface area contributed by atoms with Gasteiger partial charge < -0.3 is 5.32 Å². The summed E-state index contributed by atoms with van der Waals surface area (Å²) in [6.45, 7) is 5.54. The molecule has 0 aliphatic rings. The van der Waals surface area contributed by atoms with Gasteiger partial charge in [-0.1, -0.05) is 20.3 Å². The summed E-state index contributed by atoms with van der Waals surface area (Å²) in [6, 6.07) is 0. The van der Waals surface area contributed by atoms with E-state index in [0.29, 0.717) is 12.5 Å². The van der Waals surface area contributed by atoms with Gasteiger partial charge in [0.1, 0.15) is 0 Å². The molecule has 0 amide bonds. The Hall–Kier alpha value is -0.130. The minimum atomic E-state index is -3.04. The smallest absolute Gasteiger partial charge is 0.211 e. The highest BCUT2D eigenvalue weighted by Gasteiger charge is 2.10. The van der Waals surface area contributed by atoms with E-state index in [1.54, 1.807) is 0 Å². The summed E-state index contributed by atoms with van der Waals surface area (Å²) in [5.41, 5.74) is 0. The summed E-state index contributed by atoms with van der Waals surface area (Å²) in [6.07, 6.45) is 2.62. The monoisotopic (exact) mass is 236 g/mol. The highest BCUT2D eigenvalue weighted by molar-refractivity contribution is 7.89. The molecule has 92 valence electrons. The zero-order valence-corrected chi connectivity index (χ0v) is 10.9. The van der Waals surface area contributed by atoms with Gasteiger partial charge in [-0.05, 0) is 32.4 Å². The van der Waals surface area contributed by atoms with Crippen LogP contribution >= 0.6 is 0 Å². The Balaban J connectivity index is 3.68. The molecule has 0 aromatic rings. The first-order chi connectivity index (χ1) is 7.02. The van der Waals surface area contributed by atoms with Gasteiger partial charge in [0.15, 0.2) is 0 Å². The van der Waals surface area contributed by atoms with Crippen LogP contribution in [0.3, 0.4) is 0 Å². The van der Waals surface area contributed by atoms with Crippen LogP contribution in [0.1, 0.15) is 33.1 Å². The number of sulfonamides is 1. The Morgan fingerprint density at radius 2 is 1.93 bits per heavy atom. The maximum atomic E-state index is 11.5. The van der Waals surface area contributed by atoms with Crippen molar-refractivity contribution < 1.29 is 8.42 Å². The van der Waals surface area contributed by atoms with Gasteiger partial charge in [-0.25, -0.2) is 13.1 Å². The van der Waals surface area contributed by atoms with Crippen LogP contribution in [0.25, 0.3) is 0 Å². The van der Waals surface area contributed by atoms with Gasteiger partial charge in [0.05, 0.1) is 5.75 Å². The first-order valence-electron chi connectivity index (χ1n) is 5.63. The molecule has 0 radical (unpaired) electrons. The molecule has 0 aromatic heterocycles. The summed E-state index contributed by atoms with van der Waals surface area (Å²) in [5, 5.41) is 3.00. The number of hydrogen-bond acceptors (Lipinski definition) is 3.